The minimum absolute atomic E-state index is 0.0833. The highest BCUT2D eigenvalue weighted by molar-refractivity contribution is 6.35. The van der Waals surface area contributed by atoms with Gasteiger partial charge in [0.1, 0.15) is 34.1 Å². The van der Waals surface area contributed by atoms with Crippen molar-refractivity contribution in [2.24, 2.45) is 0 Å². The SMILES string of the molecule is CC(C)=CCC/C(C)=C/CC(Cc1c(OCl)c(Cl)c(O)c2c(O)cc(O)cc12)=C(C)C. The van der Waals surface area contributed by atoms with Gasteiger partial charge >= 0.3 is 0 Å². The van der Waals surface area contributed by atoms with E-state index in [4.69, 9.17) is 27.8 Å². The first-order valence-corrected chi connectivity index (χ1v) is 10.9. The second kappa shape index (κ2) is 10.8. The largest absolute Gasteiger partial charge is 0.508 e. The van der Waals surface area contributed by atoms with Gasteiger partial charge in [-0.3, -0.25) is 0 Å². The summed E-state index contributed by atoms with van der Waals surface area (Å²) in [5, 5.41) is 31.3. The molecule has 0 radical (unpaired) electrons. The molecule has 0 unspecified atom stereocenters. The van der Waals surface area contributed by atoms with Crippen LogP contribution in [-0.4, -0.2) is 15.3 Å². The molecule has 0 bridgehead atoms. The summed E-state index contributed by atoms with van der Waals surface area (Å²) < 4.78 is 5.00. The van der Waals surface area contributed by atoms with Crippen molar-refractivity contribution >= 4 is 34.2 Å². The molecule has 0 heterocycles. The second-order valence-electron chi connectivity index (χ2n) is 8.29. The molecule has 0 fully saturated rings. The molecule has 3 N–H and O–H groups in total. The number of phenolic OH excluding ortho intramolecular Hbond substituents is 3. The Morgan fingerprint density at radius 3 is 2.29 bits per heavy atom. The molecule has 0 saturated carbocycles. The van der Waals surface area contributed by atoms with E-state index >= 15 is 0 Å². The van der Waals surface area contributed by atoms with Crippen LogP contribution in [0.2, 0.25) is 5.02 Å². The average molecular weight is 465 g/mol. The normalized spacial score (nSPS) is 11.5. The van der Waals surface area contributed by atoms with Crippen molar-refractivity contribution in [2.75, 3.05) is 0 Å². The van der Waals surface area contributed by atoms with Crippen molar-refractivity contribution in [1.29, 1.82) is 0 Å². The third-order valence-corrected chi connectivity index (χ3v) is 5.81. The smallest absolute Gasteiger partial charge is 0.172 e. The molecule has 0 amide bonds. The van der Waals surface area contributed by atoms with Gasteiger partial charge in [-0.25, -0.2) is 0 Å². The molecule has 0 aromatic heterocycles. The van der Waals surface area contributed by atoms with Crippen molar-refractivity contribution in [2.45, 2.75) is 60.3 Å². The summed E-state index contributed by atoms with van der Waals surface area (Å²) in [4.78, 5) is 0. The van der Waals surface area contributed by atoms with Gasteiger partial charge in [0.2, 0.25) is 0 Å². The first kappa shape index (κ1) is 25.0. The van der Waals surface area contributed by atoms with Gasteiger partial charge in [-0.1, -0.05) is 46.0 Å². The summed E-state index contributed by atoms with van der Waals surface area (Å²) >= 11 is 12.0. The van der Waals surface area contributed by atoms with E-state index in [2.05, 4.69) is 32.9 Å². The van der Waals surface area contributed by atoms with Crippen molar-refractivity contribution < 1.29 is 19.6 Å². The Kier molecular flexibility index (Phi) is 8.72. The Morgan fingerprint density at radius 1 is 1.03 bits per heavy atom. The maximum Gasteiger partial charge on any atom is 0.172 e. The second-order valence-corrected chi connectivity index (χ2v) is 8.82. The standard InChI is InChI=1S/C25H30Cl2O4/c1-14(2)7-6-8-16(5)9-10-17(15(3)4)11-20-19-12-18(28)13-21(29)22(19)24(30)23(26)25(20)31-27/h7,9,12-13,28-30H,6,8,10-11H2,1-5H3/b16-9+. The van der Waals surface area contributed by atoms with Gasteiger partial charge in [-0.05, 0) is 66.4 Å². The maximum atomic E-state index is 10.5. The van der Waals surface area contributed by atoms with E-state index < -0.39 is 0 Å². The highest BCUT2D eigenvalue weighted by Crippen LogP contribution is 2.49. The zero-order valence-corrected chi connectivity index (χ0v) is 20.2. The number of hydrogen-bond acceptors (Lipinski definition) is 4. The molecule has 2 aromatic carbocycles. The van der Waals surface area contributed by atoms with E-state index in [-0.39, 0.29) is 33.4 Å². The Hall–Kier alpha value is -2.30. The van der Waals surface area contributed by atoms with Crippen molar-refractivity contribution in [1.82, 2.24) is 0 Å². The molecule has 168 valence electrons. The van der Waals surface area contributed by atoms with Gasteiger partial charge in [0.25, 0.3) is 0 Å². The number of aromatic hydroxyl groups is 3. The molecule has 0 spiro atoms. The van der Waals surface area contributed by atoms with E-state index in [1.54, 1.807) is 0 Å². The molecule has 0 aliphatic heterocycles. The van der Waals surface area contributed by atoms with Crippen LogP contribution >= 0.6 is 23.5 Å². The van der Waals surface area contributed by atoms with E-state index in [1.807, 2.05) is 13.8 Å². The summed E-state index contributed by atoms with van der Waals surface area (Å²) in [6.07, 6.45) is 7.61. The number of benzene rings is 2. The highest BCUT2D eigenvalue weighted by atomic mass is 35.5. The maximum absolute atomic E-state index is 10.5. The summed E-state index contributed by atoms with van der Waals surface area (Å²) in [6, 6.07) is 2.62. The summed E-state index contributed by atoms with van der Waals surface area (Å²) in [6.45, 7) is 10.4. The fourth-order valence-corrected chi connectivity index (χ4v) is 3.94. The quantitative estimate of drug-likeness (QED) is 0.345. The van der Waals surface area contributed by atoms with Crippen LogP contribution in [-0.2, 0) is 6.42 Å². The van der Waals surface area contributed by atoms with E-state index in [0.717, 1.165) is 36.5 Å². The highest BCUT2D eigenvalue weighted by Gasteiger charge is 2.23. The van der Waals surface area contributed by atoms with Crippen LogP contribution in [0.15, 0.2) is 46.6 Å². The summed E-state index contributed by atoms with van der Waals surface area (Å²) in [7, 11) is 0. The monoisotopic (exact) mass is 464 g/mol. The average Bonchev–Trinajstić information content (AvgIpc) is 2.67. The molecule has 4 nitrogen and oxygen atoms in total. The predicted molar refractivity (Wildman–Crippen MR) is 130 cm³/mol. The number of phenols is 3. The molecule has 0 saturated heterocycles. The third kappa shape index (κ3) is 6.11. The summed E-state index contributed by atoms with van der Waals surface area (Å²) in [5.41, 5.74) is 5.46. The van der Waals surface area contributed by atoms with E-state index in [0.29, 0.717) is 17.4 Å². The minimum atomic E-state index is -0.345. The van der Waals surface area contributed by atoms with Crippen molar-refractivity contribution in [3.63, 3.8) is 0 Å². The van der Waals surface area contributed by atoms with Crippen LogP contribution < -0.4 is 4.29 Å². The molecule has 0 atom stereocenters. The van der Waals surface area contributed by atoms with Gasteiger partial charge < -0.3 is 19.6 Å². The zero-order chi connectivity index (χ0) is 23.3. The van der Waals surface area contributed by atoms with Crippen LogP contribution in [0, 0.1) is 0 Å². The van der Waals surface area contributed by atoms with Crippen LogP contribution in [0.1, 0.15) is 59.4 Å². The number of allylic oxidation sites excluding steroid dienone is 6. The lowest BCUT2D eigenvalue weighted by atomic mass is 9.92. The van der Waals surface area contributed by atoms with Gasteiger partial charge in [0.05, 0.1) is 5.39 Å². The molecule has 0 aliphatic carbocycles. The van der Waals surface area contributed by atoms with Gasteiger partial charge in [-0.2, -0.15) is 0 Å². The lowest BCUT2D eigenvalue weighted by Crippen LogP contribution is -1.98. The molecule has 6 heteroatoms. The van der Waals surface area contributed by atoms with Crippen LogP contribution in [0.25, 0.3) is 10.8 Å². The summed E-state index contributed by atoms with van der Waals surface area (Å²) in [5.74, 6) is -0.642. The number of hydrogen-bond donors (Lipinski definition) is 3. The molecular weight excluding hydrogens is 435 g/mol. The number of fused-ring (bicyclic) bond motifs is 1. The van der Waals surface area contributed by atoms with Crippen LogP contribution in [0.4, 0.5) is 0 Å². The Bertz CT molecular complexity index is 1060. The fourth-order valence-electron chi connectivity index (χ4n) is 3.48. The van der Waals surface area contributed by atoms with Crippen LogP contribution in [0.3, 0.4) is 0 Å². The first-order valence-electron chi connectivity index (χ1n) is 10.2. The lowest BCUT2D eigenvalue weighted by Gasteiger charge is -2.17. The fraction of sp³-hybridized carbons (Fsp3) is 0.360. The van der Waals surface area contributed by atoms with Gasteiger partial charge in [-0.15, -0.1) is 0 Å². The van der Waals surface area contributed by atoms with E-state index in [9.17, 15) is 15.3 Å². The predicted octanol–water partition coefficient (Wildman–Crippen LogP) is 8.10. The number of halogens is 2. The Balaban J connectivity index is 2.49. The molecular formula is C25H30Cl2O4. The van der Waals surface area contributed by atoms with Gasteiger partial charge in [0, 0.05) is 17.0 Å². The van der Waals surface area contributed by atoms with Gasteiger partial charge in [0.15, 0.2) is 5.75 Å². The molecule has 31 heavy (non-hydrogen) atoms. The molecule has 2 rings (SSSR count). The third-order valence-electron chi connectivity index (χ3n) is 5.31. The van der Waals surface area contributed by atoms with Crippen molar-refractivity contribution in [3.8, 4) is 23.0 Å². The van der Waals surface area contributed by atoms with E-state index in [1.165, 1.54) is 17.2 Å². The zero-order valence-electron chi connectivity index (χ0n) is 18.6. The topological polar surface area (TPSA) is 69.9 Å². The Labute approximate surface area is 194 Å². The van der Waals surface area contributed by atoms with Crippen LogP contribution in [0.5, 0.6) is 23.0 Å². The molecule has 2 aromatic rings. The number of rotatable bonds is 8. The molecule has 0 aliphatic rings. The minimum Gasteiger partial charge on any atom is -0.508 e. The first-order chi connectivity index (χ1) is 14.6. The Morgan fingerprint density at radius 2 is 1.71 bits per heavy atom. The van der Waals surface area contributed by atoms with Crippen molar-refractivity contribution in [3.05, 3.63) is 57.2 Å². The lowest BCUT2D eigenvalue weighted by molar-refractivity contribution is 0.448.